The van der Waals surface area contributed by atoms with E-state index >= 15 is 0 Å². The Kier molecular flexibility index (Phi) is 5.22. The molecular weight excluding hydrogens is 501 g/mol. The van der Waals surface area contributed by atoms with Gasteiger partial charge in [-0.25, -0.2) is 14.8 Å². The molecule has 2 bridgehead atoms. The number of rotatable bonds is 3. The van der Waals surface area contributed by atoms with E-state index in [9.17, 15) is 14.9 Å². The standard InChI is InChI=1S/C18H18BrCl2N5O4/c1-18(2,3)30-17(27)25-6-7-4-10(25)11(7)23-13-12-9(5-8(19)15(20)24-12)22-16(21)14(13)26(28)29/h5,7,10-11H,4,6H2,1-3H3,(H,22,23). The van der Waals surface area contributed by atoms with Gasteiger partial charge in [-0.3, -0.25) is 10.1 Å². The Balaban J connectivity index is 1.69. The second kappa shape index (κ2) is 7.35. The van der Waals surface area contributed by atoms with Crippen LogP contribution in [-0.2, 0) is 4.74 Å². The van der Waals surface area contributed by atoms with Crippen LogP contribution < -0.4 is 5.32 Å². The van der Waals surface area contributed by atoms with Crippen molar-refractivity contribution >= 4 is 67.6 Å². The summed E-state index contributed by atoms with van der Waals surface area (Å²) in [6, 6.07) is 1.27. The maximum atomic E-state index is 12.5. The highest BCUT2D eigenvalue weighted by Crippen LogP contribution is 2.46. The van der Waals surface area contributed by atoms with Crippen LogP contribution in [0, 0.1) is 16.0 Å². The summed E-state index contributed by atoms with van der Waals surface area (Å²) in [5, 5.41) is 14.8. The summed E-state index contributed by atoms with van der Waals surface area (Å²) < 4.78 is 5.98. The summed E-state index contributed by atoms with van der Waals surface area (Å²) in [4.78, 5) is 33.7. The monoisotopic (exact) mass is 517 g/mol. The number of halogens is 3. The van der Waals surface area contributed by atoms with Gasteiger partial charge in [0.15, 0.2) is 0 Å². The molecule has 1 saturated carbocycles. The molecule has 0 aromatic carbocycles. The fourth-order valence-electron chi connectivity index (χ4n) is 3.93. The lowest BCUT2D eigenvalue weighted by Crippen LogP contribution is -2.50. The van der Waals surface area contributed by atoms with Crippen LogP contribution in [0.15, 0.2) is 10.5 Å². The van der Waals surface area contributed by atoms with Crippen molar-refractivity contribution < 1.29 is 14.5 Å². The van der Waals surface area contributed by atoms with Gasteiger partial charge >= 0.3 is 11.8 Å². The summed E-state index contributed by atoms with van der Waals surface area (Å²) >= 11 is 15.5. The molecule has 0 radical (unpaired) electrons. The van der Waals surface area contributed by atoms with Gasteiger partial charge in [0, 0.05) is 12.5 Å². The minimum Gasteiger partial charge on any atom is -0.444 e. The number of aromatic nitrogens is 2. The van der Waals surface area contributed by atoms with Gasteiger partial charge in [0.2, 0.25) is 5.15 Å². The summed E-state index contributed by atoms with van der Waals surface area (Å²) in [6.07, 6.45) is 0.401. The Labute approximate surface area is 190 Å². The highest BCUT2D eigenvalue weighted by atomic mass is 79.9. The SMILES string of the molecule is CC(C)(C)OC(=O)N1CC2CC1C2Nc1c([N+](=O)[O-])c(Cl)nc2cc(Br)c(Cl)nc12. The van der Waals surface area contributed by atoms with Crippen molar-refractivity contribution in [1.82, 2.24) is 14.9 Å². The third kappa shape index (κ3) is 3.65. The van der Waals surface area contributed by atoms with Gasteiger partial charge in [-0.05, 0) is 49.2 Å². The fraction of sp³-hybridized carbons (Fsp3) is 0.500. The van der Waals surface area contributed by atoms with Crippen molar-refractivity contribution in [2.24, 2.45) is 5.92 Å². The number of nitrogens with zero attached hydrogens (tertiary/aromatic N) is 4. The lowest BCUT2D eigenvalue weighted by atomic mass is 9.80. The molecule has 0 spiro atoms. The van der Waals surface area contributed by atoms with Crippen LogP contribution in [0.2, 0.25) is 10.3 Å². The number of pyridine rings is 2. The van der Waals surface area contributed by atoms with E-state index in [2.05, 4.69) is 31.2 Å². The van der Waals surface area contributed by atoms with Gasteiger partial charge in [-0.1, -0.05) is 23.2 Å². The minimum absolute atomic E-state index is 0.134. The normalized spacial score (nSPS) is 22.7. The highest BCUT2D eigenvalue weighted by Gasteiger charge is 2.55. The molecule has 1 N–H and O–H groups in total. The molecule has 2 aliphatic heterocycles. The second-order valence-electron chi connectivity index (χ2n) is 8.38. The molecule has 30 heavy (non-hydrogen) atoms. The Bertz CT molecular complexity index is 1080. The zero-order chi connectivity index (χ0) is 22.0. The van der Waals surface area contributed by atoms with Crippen molar-refractivity contribution in [3.05, 3.63) is 31.0 Å². The topological polar surface area (TPSA) is 110 Å². The fourth-order valence-corrected chi connectivity index (χ4v) is 4.63. The second-order valence-corrected chi connectivity index (χ2v) is 9.95. The van der Waals surface area contributed by atoms with Crippen molar-refractivity contribution in [1.29, 1.82) is 0 Å². The zero-order valence-electron chi connectivity index (χ0n) is 16.3. The highest BCUT2D eigenvalue weighted by molar-refractivity contribution is 9.10. The van der Waals surface area contributed by atoms with Crippen LogP contribution >= 0.6 is 39.1 Å². The lowest BCUT2D eigenvalue weighted by Gasteiger charge is -2.37. The first kappa shape index (κ1) is 21.3. The molecule has 2 aromatic rings. The van der Waals surface area contributed by atoms with Crippen LogP contribution in [0.1, 0.15) is 27.2 Å². The number of nitro groups is 1. The third-order valence-corrected chi connectivity index (χ3v) is 6.60. The van der Waals surface area contributed by atoms with Crippen LogP contribution in [0.25, 0.3) is 11.0 Å². The van der Waals surface area contributed by atoms with Crippen molar-refractivity contribution in [3.63, 3.8) is 0 Å². The van der Waals surface area contributed by atoms with Crippen LogP contribution in [0.4, 0.5) is 16.2 Å². The van der Waals surface area contributed by atoms with E-state index in [1.807, 2.05) is 20.8 Å². The average Bonchev–Trinajstić information content (AvgIpc) is 3.19. The maximum absolute atomic E-state index is 12.5. The Morgan fingerprint density at radius 1 is 1.37 bits per heavy atom. The maximum Gasteiger partial charge on any atom is 0.410 e. The summed E-state index contributed by atoms with van der Waals surface area (Å²) in [5.41, 5.74) is -0.218. The molecule has 2 aromatic heterocycles. The number of fused-ring (bicyclic) bond motifs is 2. The number of carbonyl (C=O) groups is 1. The molecule has 9 nitrogen and oxygen atoms in total. The first-order chi connectivity index (χ1) is 14.0. The van der Waals surface area contributed by atoms with Crippen LogP contribution in [0.5, 0.6) is 0 Å². The van der Waals surface area contributed by atoms with E-state index in [0.29, 0.717) is 16.5 Å². The van der Waals surface area contributed by atoms with Gasteiger partial charge in [-0.15, -0.1) is 0 Å². The average molecular weight is 519 g/mol. The number of hydrogen-bond donors (Lipinski definition) is 1. The molecule has 12 heteroatoms. The van der Waals surface area contributed by atoms with E-state index in [-0.39, 0.29) is 45.2 Å². The predicted molar refractivity (Wildman–Crippen MR) is 116 cm³/mol. The van der Waals surface area contributed by atoms with Crippen molar-refractivity contribution in [3.8, 4) is 0 Å². The van der Waals surface area contributed by atoms with Gasteiger partial charge < -0.3 is 15.0 Å². The van der Waals surface area contributed by atoms with Crippen molar-refractivity contribution in [2.75, 3.05) is 11.9 Å². The van der Waals surface area contributed by atoms with E-state index in [0.717, 1.165) is 6.42 Å². The molecule has 3 fully saturated rings. The molecule has 1 amide bonds. The van der Waals surface area contributed by atoms with E-state index in [1.54, 1.807) is 11.0 Å². The third-order valence-electron chi connectivity index (χ3n) is 5.22. The molecule has 3 aliphatic rings. The number of nitrogens with one attached hydrogen (secondary N) is 1. The van der Waals surface area contributed by atoms with E-state index < -0.39 is 16.6 Å². The first-order valence-corrected chi connectivity index (χ1v) is 10.8. The number of anilines is 1. The summed E-state index contributed by atoms with van der Waals surface area (Å²) in [7, 11) is 0. The Morgan fingerprint density at radius 2 is 2.07 bits per heavy atom. The van der Waals surface area contributed by atoms with Gasteiger partial charge in [0.1, 0.15) is 22.0 Å². The van der Waals surface area contributed by atoms with E-state index in [1.165, 1.54) is 0 Å². The largest absolute Gasteiger partial charge is 0.444 e. The summed E-state index contributed by atoms with van der Waals surface area (Å²) in [6.45, 7) is 5.94. The Hall–Kier alpha value is -1.91. The van der Waals surface area contributed by atoms with Crippen molar-refractivity contribution in [2.45, 2.75) is 44.9 Å². The van der Waals surface area contributed by atoms with E-state index in [4.69, 9.17) is 27.9 Å². The molecule has 160 valence electrons. The molecule has 1 aliphatic carbocycles. The van der Waals surface area contributed by atoms with Gasteiger partial charge in [0.05, 0.1) is 27.0 Å². The predicted octanol–water partition coefficient (Wildman–Crippen LogP) is 5.03. The first-order valence-electron chi connectivity index (χ1n) is 9.22. The molecule has 5 rings (SSSR count). The van der Waals surface area contributed by atoms with Crippen LogP contribution in [0.3, 0.4) is 0 Å². The zero-order valence-corrected chi connectivity index (χ0v) is 19.4. The quantitative estimate of drug-likeness (QED) is 0.344. The van der Waals surface area contributed by atoms with Gasteiger partial charge in [0.25, 0.3) is 0 Å². The number of ether oxygens (including phenoxy) is 1. The summed E-state index contributed by atoms with van der Waals surface area (Å²) in [5.74, 6) is 0.134. The van der Waals surface area contributed by atoms with Crippen LogP contribution in [-0.4, -0.2) is 50.1 Å². The van der Waals surface area contributed by atoms with Gasteiger partial charge in [-0.2, -0.15) is 0 Å². The number of hydrogen-bond acceptors (Lipinski definition) is 7. The molecule has 3 atom stereocenters. The number of carbonyl (C=O) groups excluding carboxylic acids is 1. The molecular formula is C18H18BrCl2N5O4. The Morgan fingerprint density at radius 3 is 2.70 bits per heavy atom. The minimum atomic E-state index is -0.603. The molecule has 2 saturated heterocycles. The molecule has 4 heterocycles. The smallest absolute Gasteiger partial charge is 0.410 e. The number of amides is 1. The lowest BCUT2D eigenvalue weighted by molar-refractivity contribution is -0.384. The molecule has 3 unspecified atom stereocenters.